The maximum Gasteiger partial charge on any atom is 0.416 e. The Kier molecular flexibility index (Phi) is 6.43. The molecule has 0 aromatic heterocycles. The summed E-state index contributed by atoms with van der Waals surface area (Å²) in [6.07, 6.45) is -4.58. The van der Waals surface area contributed by atoms with Crippen molar-refractivity contribution in [1.82, 2.24) is 0 Å². The first kappa shape index (κ1) is 23.5. The molecule has 5 nitrogen and oxygen atoms in total. The molecule has 3 aromatic rings. The van der Waals surface area contributed by atoms with Gasteiger partial charge in [-0.15, -0.1) is 0 Å². The molecule has 8 heteroatoms. The smallest absolute Gasteiger partial charge is 0.416 e. The number of nitrogens with two attached hydrogens (primary N) is 1. The lowest BCUT2D eigenvalue weighted by molar-refractivity contribution is -0.159. The Morgan fingerprint density at radius 1 is 0.912 bits per heavy atom. The van der Waals surface area contributed by atoms with Crippen molar-refractivity contribution in [2.45, 2.75) is 24.6 Å². The van der Waals surface area contributed by atoms with E-state index < -0.39 is 35.6 Å². The van der Waals surface area contributed by atoms with E-state index in [0.29, 0.717) is 5.56 Å². The van der Waals surface area contributed by atoms with E-state index in [2.05, 4.69) is 0 Å². The molecule has 0 saturated heterocycles. The van der Waals surface area contributed by atoms with Crippen LogP contribution in [0.25, 0.3) is 11.1 Å². The second kappa shape index (κ2) is 9.30. The average molecular weight is 469 g/mol. The number of aliphatic carboxylic acids is 1. The van der Waals surface area contributed by atoms with Crippen LogP contribution in [-0.2, 0) is 26.9 Å². The lowest BCUT2D eigenvalue weighted by Gasteiger charge is -2.21. The Balaban J connectivity index is 1.46. The quantitative estimate of drug-likeness (QED) is 0.389. The van der Waals surface area contributed by atoms with Gasteiger partial charge in [-0.25, -0.2) is 0 Å². The highest BCUT2D eigenvalue weighted by Gasteiger charge is 2.36. The number of carbonyl (C=O) groups excluding carboxylic acids is 1. The van der Waals surface area contributed by atoms with Crippen LogP contribution in [0.15, 0.2) is 72.8 Å². The first-order valence-electron chi connectivity index (χ1n) is 10.7. The van der Waals surface area contributed by atoms with Crippen LogP contribution < -0.4 is 5.73 Å². The van der Waals surface area contributed by atoms with Gasteiger partial charge in [0.2, 0.25) is 0 Å². The van der Waals surface area contributed by atoms with Crippen LogP contribution in [0.3, 0.4) is 0 Å². The van der Waals surface area contributed by atoms with E-state index in [0.717, 1.165) is 34.4 Å². The highest BCUT2D eigenvalue weighted by atomic mass is 19.4. The fraction of sp³-hybridized carbons (Fsp3) is 0.231. The predicted molar refractivity (Wildman–Crippen MR) is 119 cm³/mol. The van der Waals surface area contributed by atoms with E-state index in [4.69, 9.17) is 10.5 Å². The van der Waals surface area contributed by atoms with Gasteiger partial charge in [0.15, 0.2) is 5.92 Å². The Bertz CT molecular complexity index is 1160. The fourth-order valence-corrected chi connectivity index (χ4v) is 4.37. The summed E-state index contributed by atoms with van der Waals surface area (Å²) in [7, 11) is 0. The Labute approximate surface area is 194 Å². The monoisotopic (exact) mass is 469 g/mol. The molecule has 0 fully saturated rings. The van der Waals surface area contributed by atoms with Gasteiger partial charge in [0.25, 0.3) is 0 Å². The lowest BCUT2D eigenvalue weighted by atomic mass is 9.93. The van der Waals surface area contributed by atoms with Gasteiger partial charge in [-0.2, -0.15) is 13.2 Å². The SMILES string of the molecule is N[C@@H](Cc1ccc(C(F)(F)F)cc1)[C@H](C(=O)O)C(=O)OCC1c2ccccc2-c2ccccc21. The lowest BCUT2D eigenvalue weighted by Crippen LogP contribution is -2.43. The van der Waals surface area contributed by atoms with Crippen molar-refractivity contribution in [1.29, 1.82) is 0 Å². The summed E-state index contributed by atoms with van der Waals surface area (Å²) in [5.74, 6) is -4.32. The summed E-state index contributed by atoms with van der Waals surface area (Å²) in [5.41, 5.74) is 9.61. The van der Waals surface area contributed by atoms with E-state index in [1.807, 2.05) is 48.5 Å². The van der Waals surface area contributed by atoms with Crippen LogP contribution in [-0.4, -0.2) is 29.7 Å². The number of alkyl halides is 3. The molecule has 0 spiro atoms. The number of ether oxygens (including phenoxy) is 1. The molecule has 3 N–H and O–H groups in total. The molecule has 2 atom stereocenters. The van der Waals surface area contributed by atoms with Gasteiger partial charge < -0.3 is 15.6 Å². The van der Waals surface area contributed by atoms with Gasteiger partial charge >= 0.3 is 18.1 Å². The number of fused-ring (bicyclic) bond motifs is 3. The van der Waals surface area contributed by atoms with Crippen LogP contribution in [0.4, 0.5) is 13.2 Å². The van der Waals surface area contributed by atoms with Crippen molar-refractivity contribution < 1.29 is 32.6 Å². The summed E-state index contributed by atoms with van der Waals surface area (Å²) in [5, 5.41) is 9.62. The second-order valence-corrected chi connectivity index (χ2v) is 8.24. The van der Waals surface area contributed by atoms with E-state index in [9.17, 15) is 27.9 Å². The third kappa shape index (κ3) is 4.68. The Morgan fingerprint density at radius 2 is 1.44 bits per heavy atom. The average Bonchev–Trinajstić information content (AvgIpc) is 3.11. The summed E-state index contributed by atoms with van der Waals surface area (Å²) in [6, 6.07) is 18.5. The first-order valence-corrected chi connectivity index (χ1v) is 10.7. The molecule has 0 bridgehead atoms. The highest BCUT2D eigenvalue weighted by Crippen LogP contribution is 2.44. The van der Waals surface area contributed by atoms with Gasteiger partial charge in [-0.1, -0.05) is 60.7 Å². The number of carboxylic acids is 1. The normalized spacial score (nSPS) is 14.7. The zero-order valence-electron chi connectivity index (χ0n) is 18.0. The minimum Gasteiger partial charge on any atom is -0.481 e. The molecule has 1 aliphatic carbocycles. The highest BCUT2D eigenvalue weighted by molar-refractivity contribution is 5.95. The van der Waals surface area contributed by atoms with Crippen LogP contribution in [0.1, 0.15) is 28.2 Å². The van der Waals surface area contributed by atoms with E-state index >= 15 is 0 Å². The van der Waals surface area contributed by atoms with Crippen molar-refractivity contribution in [2.24, 2.45) is 11.7 Å². The summed E-state index contributed by atoms with van der Waals surface area (Å²) in [6.45, 7) is -0.0519. The molecule has 4 rings (SSSR count). The fourth-order valence-electron chi connectivity index (χ4n) is 4.37. The molecule has 176 valence electrons. The molecular formula is C26H22F3NO4. The maximum atomic E-state index is 12.8. The van der Waals surface area contributed by atoms with Crippen molar-refractivity contribution in [2.75, 3.05) is 6.61 Å². The third-order valence-electron chi connectivity index (χ3n) is 6.06. The van der Waals surface area contributed by atoms with Crippen LogP contribution in [0, 0.1) is 5.92 Å². The van der Waals surface area contributed by atoms with Crippen molar-refractivity contribution in [3.8, 4) is 11.1 Å². The molecule has 0 unspecified atom stereocenters. The van der Waals surface area contributed by atoms with Crippen LogP contribution >= 0.6 is 0 Å². The molecule has 1 aliphatic rings. The van der Waals surface area contributed by atoms with E-state index in [1.165, 1.54) is 12.1 Å². The van der Waals surface area contributed by atoms with Gasteiger partial charge in [0.1, 0.15) is 6.61 Å². The van der Waals surface area contributed by atoms with Crippen LogP contribution in [0.2, 0.25) is 0 Å². The van der Waals surface area contributed by atoms with Crippen LogP contribution in [0.5, 0.6) is 0 Å². The molecule has 34 heavy (non-hydrogen) atoms. The number of carbonyl (C=O) groups is 2. The number of carboxylic acid groups (broad SMARTS) is 1. The molecule has 0 amide bonds. The Morgan fingerprint density at radius 3 is 1.94 bits per heavy atom. The number of halogens is 3. The number of esters is 1. The largest absolute Gasteiger partial charge is 0.481 e. The molecule has 0 saturated carbocycles. The summed E-state index contributed by atoms with van der Waals surface area (Å²) < 4.78 is 43.7. The number of hydrogen-bond donors (Lipinski definition) is 2. The number of hydrogen-bond acceptors (Lipinski definition) is 4. The number of rotatable bonds is 7. The zero-order chi connectivity index (χ0) is 24.5. The van der Waals surface area contributed by atoms with Crippen molar-refractivity contribution in [3.63, 3.8) is 0 Å². The van der Waals surface area contributed by atoms with Gasteiger partial charge in [0, 0.05) is 12.0 Å². The first-order chi connectivity index (χ1) is 16.2. The molecule has 3 aromatic carbocycles. The van der Waals surface area contributed by atoms with Crippen molar-refractivity contribution in [3.05, 3.63) is 95.1 Å². The predicted octanol–water partition coefficient (Wildman–Crippen LogP) is 4.63. The van der Waals surface area contributed by atoms with Crippen molar-refractivity contribution >= 4 is 11.9 Å². The third-order valence-corrected chi connectivity index (χ3v) is 6.06. The minimum atomic E-state index is -4.48. The van der Waals surface area contributed by atoms with E-state index in [-0.39, 0.29) is 18.9 Å². The van der Waals surface area contributed by atoms with E-state index in [1.54, 1.807) is 0 Å². The standard InChI is InChI=1S/C26H22F3NO4/c27-26(28,29)16-11-9-15(10-12-16)13-22(30)23(24(31)32)25(33)34-14-21-19-7-3-1-5-17(19)18-6-2-4-8-20(18)21/h1-12,21-23H,13-14,30H2,(H,31,32)/t22-,23+/m0/s1. The topological polar surface area (TPSA) is 89.6 Å². The maximum absolute atomic E-state index is 12.8. The number of benzene rings is 3. The summed E-state index contributed by atoms with van der Waals surface area (Å²) >= 11 is 0. The summed E-state index contributed by atoms with van der Waals surface area (Å²) in [4.78, 5) is 24.6. The minimum absolute atomic E-state index is 0.0519. The van der Waals surface area contributed by atoms with Gasteiger partial charge in [0.05, 0.1) is 5.56 Å². The van der Waals surface area contributed by atoms with Gasteiger partial charge in [-0.05, 0) is 46.4 Å². The molecule has 0 radical (unpaired) electrons. The zero-order valence-corrected chi connectivity index (χ0v) is 18.0. The molecule has 0 aliphatic heterocycles. The molecular weight excluding hydrogens is 447 g/mol. The molecule has 0 heterocycles. The van der Waals surface area contributed by atoms with Gasteiger partial charge in [-0.3, -0.25) is 9.59 Å². The Hall–Kier alpha value is -3.65. The second-order valence-electron chi connectivity index (χ2n) is 8.24.